The highest BCUT2D eigenvalue weighted by Gasteiger charge is 2.08. The average molecular weight is 353 g/mol. The molecular formula is C22H44N2O. The van der Waals surface area contributed by atoms with Crippen LogP contribution in [0.25, 0.3) is 0 Å². The minimum absolute atomic E-state index is 0.00440. The van der Waals surface area contributed by atoms with Crippen molar-refractivity contribution < 1.29 is 4.79 Å². The summed E-state index contributed by atoms with van der Waals surface area (Å²) in [7, 11) is 0. The van der Waals surface area contributed by atoms with Gasteiger partial charge in [-0.05, 0) is 38.5 Å². The molecule has 0 saturated carbocycles. The number of unbranched alkanes of at least 4 members (excludes halogenated alkanes) is 12. The van der Waals surface area contributed by atoms with Gasteiger partial charge in [0.05, 0.1) is 6.04 Å². The first-order valence-corrected chi connectivity index (χ1v) is 10.9. The highest BCUT2D eigenvalue weighted by atomic mass is 16.2. The molecule has 0 heterocycles. The van der Waals surface area contributed by atoms with Crippen LogP contribution in [-0.2, 0) is 4.79 Å². The molecule has 0 aromatic rings. The molecule has 3 heteroatoms. The number of carbonyl (C=O) groups is 1. The fraction of sp³-hybridized carbons (Fsp3) is 0.864. The number of nitrogens with one attached hydrogen (secondary N) is 1. The second kappa shape index (κ2) is 19.5. The molecule has 0 aliphatic rings. The highest BCUT2D eigenvalue weighted by molar-refractivity contribution is 5.81. The molecular weight excluding hydrogens is 308 g/mol. The molecule has 0 radical (unpaired) electrons. The van der Waals surface area contributed by atoms with Crippen LogP contribution in [0.2, 0.25) is 0 Å². The van der Waals surface area contributed by atoms with Crippen LogP contribution in [-0.4, -0.2) is 18.5 Å². The Hall–Kier alpha value is -0.830. The summed E-state index contributed by atoms with van der Waals surface area (Å²) in [4.78, 5) is 11.5. The van der Waals surface area contributed by atoms with Crippen LogP contribution in [0.1, 0.15) is 110 Å². The molecule has 3 N–H and O–H groups in total. The second-order valence-corrected chi connectivity index (χ2v) is 7.24. The maximum absolute atomic E-state index is 11.5. The number of allylic oxidation sites excluding steroid dienone is 2. The Morgan fingerprint density at radius 2 is 1.28 bits per heavy atom. The molecule has 25 heavy (non-hydrogen) atoms. The van der Waals surface area contributed by atoms with Gasteiger partial charge < -0.3 is 11.1 Å². The summed E-state index contributed by atoms with van der Waals surface area (Å²) in [5.74, 6) is -0.00440. The predicted molar refractivity (Wildman–Crippen MR) is 111 cm³/mol. The molecule has 0 saturated heterocycles. The maximum atomic E-state index is 11.5. The number of carbonyl (C=O) groups excluding carboxylic acids is 1. The van der Waals surface area contributed by atoms with Crippen molar-refractivity contribution in [1.82, 2.24) is 5.32 Å². The molecule has 0 aromatic heterocycles. The van der Waals surface area contributed by atoms with Crippen LogP contribution in [0, 0.1) is 0 Å². The number of hydrogen-bond donors (Lipinski definition) is 2. The highest BCUT2D eigenvalue weighted by Crippen LogP contribution is 2.09. The quantitative estimate of drug-likeness (QED) is 0.239. The van der Waals surface area contributed by atoms with E-state index in [1.54, 1.807) is 0 Å². The molecule has 0 rings (SSSR count). The van der Waals surface area contributed by atoms with E-state index in [-0.39, 0.29) is 11.9 Å². The Bertz CT molecular complexity index is 315. The summed E-state index contributed by atoms with van der Waals surface area (Å²) >= 11 is 0. The van der Waals surface area contributed by atoms with Crippen molar-refractivity contribution >= 4 is 5.91 Å². The topological polar surface area (TPSA) is 55.1 Å². The molecule has 0 aromatic carbocycles. The zero-order valence-corrected chi connectivity index (χ0v) is 17.0. The van der Waals surface area contributed by atoms with Gasteiger partial charge in [-0.15, -0.1) is 0 Å². The van der Waals surface area contributed by atoms with Gasteiger partial charge in [-0.25, -0.2) is 0 Å². The lowest BCUT2D eigenvalue weighted by Crippen LogP contribution is -2.40. The third-order valence-corrected chi connectivity index (χ3v) is 4.76. The molecule has 1 unspecified atom stereocenters. The second-order valence-electron chi connectivity index (χ2n) is 7.24. The molecule has 0 aliphatic carbocycles. The monoisotopic (exact) mass is 352 g/mol. The summed E-state index contributed by atoms with van der Waals surface area (Å²) in [6.07, 6.45) is 23.8. The normalized spacial score (nSPS) is 12.6. The first-order chi connectivity index (χ1) is 12.2. The molecule has 0 bridgehead atoms. The van der Waals surface area contributed by atoms with Crippen LogP contribution < -0.4 is 11.1 Å². The number of amides is 1. The van der Waals surface area contributed by atoms with Crippen LogP contribution in [0.5, 0.6) is 0 Å². The van der Waals surface area contributed by atoms with Crippen LogP contribution in [0.15, 0.2) is 12.2 Å². The predicted octanol–water partition coefficient (Wildman–Crippen LogP) is 5.88. The van der Waals surface area contributed by atoms with Crippen molar-refractivity contribution in [2.24, 2.45) is 5.73 Å². The van der Waals surface area contributed by atoms with E-state index in [0.29, 0.717) is 6.42 Å². The minimum Gasteiger partial charge on any atom is -0.355 e. The van der Waals surface area contributed by atoms with Crippen LogP contribution in [0.3, 0.4) is 0 Å². The van der Waals surface area contributed by atoms with Crippen molar-refractivity contribution in [3.05, 3.63) is 12.2 Å². The fourth-order valence-corrected chi connectivity index (χ4v) is 2.90. The Balaban J connectivity index is 3.18. The summed E-state index contributed by atoms with van der Waals surface area (Å²) in [5, 5.41) is 2.91. The van der Waals surface area contributed by atoms with E-state index in [4.69, 9.17) is 5.73 Å². The summed E-state index contributed by atoms with van der Waals surface area (Å²) in [6.45, 7) is 4.98. The maximum Gasteiger partial charge on any atom is 0.236 e. The van der Waals surface area contributed by atoms with Crippen molar-refractivity contribution in [2.75, 3.05) is 6.54 Å². The molecule has 0 aliphatic heterocycles. The van der Waals surface area contributed by atoms with Crippen molar-refractivity contribution in [3.8, 4) is 0 Å². The van der Waals surface area contributed by atoms with Crippen molar-refractivity contribution in [1.29, 1.82) is 0 Å². The van der Waals surface area contributed by atoms with Gasteiger partial charge in [-0.1, -0.05) is 83.8 Å². The van der Waals surface area contributed by atoms with Gasteiger partial charge in [-0.2, -0.15) is 0 Å². The molecule has 1 amide bonds. The zero-order chi connectivity index (χ0) is 18.6. The van der Waals surface area contributed by atoms with Crippen LogP contribution >= 0.6 is 0 Å². The number of hydrogen-bond acceptors (Lipinski definition) is 2. The summed E-state index contributed by atoms with van der Waals surface area (Å²) in [5.41, 5.74) is 5.67. The van der Waals surface area contributed by atoms with Gasteiger partial charge in [0, 0.05) is 6.54 Å². The number of rotatable bonds is 18. The van der Waals surface area contributed by atoms with E-state index in [9.17, 15) is 4.79 Å². The fourth-order valence-electron chi connectivity index (χ4n) is 2.90. The Kier molecular flexibility index (Phi) is 18.8. The van der Waals surface area contributed by atoms with E-state index >= 15 is 0 Å². The van der Waals surface area contributed by atoms with Gasteiger partial charge in [0.15, 0.2) is 0 Å². The Morgan fingerprint density at radius 1 is 0.800 bits per heavy atom. The van der Waals surface area contributed by atoms with Gasteiger partial charge >= 0.3 is 0 Å². The van der Waals surface area contributed by atoms with Gasteiger partial charge in [-0.3, -0.25) is 4.79 Å². The molecule has 148 valence electrons. The first kappa shape index (κ1) is 24.2. The largest absolute Gasteiger partial charge is 0.355 e. The number of nitrogens with two attached hydrogens (primary N) is 1. The molecule has 0 spiro atoms. The van der Waals surface area contributed by atoms with Crippen molar-refractivity contribution in [3.63, 3.8) is 0 Å². The SMILES string of the molecule is CCCCCCCCC=CCCCCCCCCNC(=O)C(N)CC. The molecule has 3 nitrogen and oxygen atoms in total. The van der Waals surface area contributed by atoms with E-state index in [1.807, 2.05) is 6.92 Å². The third-order valence-electron chi connectivity index (χ3n) is 4.76. The van der Waals surface area contributed by atoms with Gasteiger partial charge in [0.2, 0.25) is 5.91 Å². The Morgan fingerprint density at radius 3 is 1.80 bits per heavy atom. The average Bonchev–Trinajstić information content (AvgIpc) is 2.63. The zero-order valence-electron chi connectivity index (χ0n) is 17.0. The summed E-state index contributed by atoms with van der Waals surface area (Å²) < 4.78 is 0. The van der Waals surface area contributed by atoms with E-state index < -0.39 is 0 Å². The first-order valence-electron chi connectivity index (χ1n) is 10.9. The molecule has 0 fully saturated rings. The summed E-state index contributed by atoms with van der Waals surface area (Å²) in [6, 6.07) is -0.339. The lowest BCUT2D eigenvalue weighted by molar-refractivity contribution is -0.122. The van der Waals surface area contributed by atoms with Gasteiger partial charge in [0.1, 0.15) is 0 Å². The Labute approximate surface area is 157 Å². The van der Waals surface area contributed by atoms with Crippen LogP contribution in [0.4, 0.5) is 0 Å². The van der Waals surface area contributed by atoms with Crippen molar-refractivity contribution in [2.45, 2.75) is 116 Å². The van der Waals surface area contributed by atoms with Gasteiger partial charge in [0.25, 0.3) is 0 Å². The van der Waals surface area contributed by atoms with E-state index in [1.165, 1.54) is 83.5 Å². The molecule has 1 atom stereocenters. The smallest absolute Gasteiger partial charge is 0.236 e. The third kappa shape index (κ3) is 17.8. The van der Waals surface area contributed by atoms with E-state index in [0.717, 1.165) is 13.0 Å². The standard InChI is InChI=1S/C22H44N2O/c1-3-5-6-7-8-9-10-11-12-13-14-15-16-17-18-19-20-24-22(25)21(23)4-2/h11-12,21H,3-10,13-20,23H2,1-2H3,(H,24,25). The lowest BCUT2D eigenvalue weighted by atomic mass is 10.1. The minimum atomic E-state index is -0.339. The lowest BCUT2D eigenvalue weighted by Gasteiger charge is -2.09. The van der Waals surface area contributed by atoms with E-state index in [2.05, 4.69) is 24.4 Å².